The molecule has 256 valence electrons. The van der Waals surface area contributed by atoms with Crippen molar-refractivity contribution in [1.82, 2.24) is 9.62 Å². The lowest BCUT2D eigenvalue weighted by molar-refractivity contribution is -0.128. The molecular formula is C38H46ClN3O5S. The molecule has 0 bridgehead atoms. The summed E-state index contributed by atoms with van der Waals surface area (Å²) in [5.74, 6) is -0.945. The molecule has 3 atom stereocenters. The van der Waals surface area contributed by atoms with Crippen LogP contribution in [-0.2, 0) is 30.8 Å². The maximum Gasteiger partial charge on any atom is 0.244 e. The number of primary amides is 1. The topological polar surface area (TPSA) is 119 Å². The van der Waals surface area contributed by atoms with Gasteiger partial charge in [0.2, 0.25) is 21.8 Å². The van der Waals surface area contributed by atoms with E-state index >= 15 is 0 Å². The van der Waals surface area contributed by atoms with Gasteiger partial charge in [0.25, 0.3) is 0 Å². The Balaban J connectivity index is 1.47. The molecule has 3 aromatic rings. The molecule has 48 heavy (non-hydrogen) atoms. The number of benzene rings is 3. The standard InChI is InChI=1S/C38H46ClN3O5S/c1-26-12-8-9-15-32(26)48(45,46)42-33(37(2,3)4)25-30(35(42)28-16-18-29(39)19-17-28)38(21-10-11-22-38)47-23-20-34(43)41-31(36(40)44)24-27-13-6-5-7-14-27/h5-9,12-19,25,31,33,35H,10-11,20-24H2,1-4H3,(H2,40,44)(H,41,43)/t31-,33-,35-/m0/s1. The van der Waals surface area contributed by atoms with E-state index in [1.54, 1.807) is 28.6 Å². The summed E-state index contributed by atoms with van der Waals surface area (Å²) in [5.41, 5.74) is 7.65. The number of amides is 2. The number of nitrogens with zero attached hydrogens (tertiary/aromatic N) is 1. The summed E-state index contributed by atoms with van der Waals surface area (Å²) in [4.78, 5) is 25.6. The Labute approximate surface area is 289 Å². The van der Waals surface area contributed by atoms with Crippen LogP contribution in [0.2, 0.25) is 5.02 Å². The van der Waals surface area contributed by atoms with Gasteiger partial charge in [0.05, 0.1) is 29.6 Å². The Hall–Kier alpha value is -3.50. The van der Waals surface area contributed by atoms with Crippen molar-refractivity contribution in [3.63, 3.8) is 0 Å². The van der Waals surface area contributed by atoms with Gasteiger partial charge in [-0.2, -0.15) is 4.31 Å². The second-order valence-electron chi connectivity index (χ2n) is 14.0. The Morgan fingerprint density at radius 2 is 1.62 bits per heavy atom. The minimum Gasteiger partial charge on any atom is -0.370 e. The van der Waals surface area contributed by atoms with Gasteiger partial charge < -0.3 is 15.8 Å². The highest BCUT2D eigenvalue weighted by Gasteiger charge is 2.54. The van der Waals surface area contributed by atoms with E-state index in [9.17, 15) is 18.0 Å². The average molecular weight is 692 g/mol. The molecule has 1 aliphatic heterocycles. The molecule has 1 saturated carbocycles. The van der Waals surface area contributed by atoms with Crippen molar-refractivity contribution in [3.8, 4) is 0 Å². The second kappa shape index (κ2) is 14.5. The average Bonchev–Trinajstić information content (AvgIpc) is 3.69. The minimum absolute atomic E-state index is 0.0210. The van der Waals surface area contributed by atoms with Crippen molar-refractivity contribution < 1.29 is 22.7 Å². The summed E-state index contributed by atoms with van der Waals surface area (Å²) in [7, 11) is -4.00. The molecule has 1 aliphatic carbocycles. The van der Waals surface area contributed by atoms with E-state index in [-0.39, 0.29) is 23.8 Å². The summed E-state index contributed by atoms with van der Waals surface area (Å²) < 4.78 is 37.9. The number of nitrogens with two attached hydrogens (primary N) is 1. The monoisotopic (exact) mass is 691 g/mol. The van der Waals surface area contributed by atoms with Crippen LogP contribution < -0.4 is 11.1 Å². The SMILES string of the molecule is Cc1ccccc1S(=O)(=O)N1[C@@H](c2ccc(Cl)cc2)C(C2(OCCC(=O)N[C@@H](Cc3ccccc3)C(N)=O)CCCC2)=C[C@H]1C(C)(C)C. The number of hydrogen-bond acceptors (Lipinski definition) is 5. The lowest BCUT2D eigenvalue weighted by Crippen LogP contribution is -2.46. The maximum absolute atomic E-state index is 14.8. The third-order valence-electron chi connectivity index (χ3n) is 9.49. The number of ether oxygens (including phenoxy) is 1. The Morgan fingerprint density at radius 3 is 2.23 bits per heavy atom. The normalized spacial score (nSPS) is 20.3. The predicted octanol–water partition coefficient (Wildman–Crippen LogP) is 6.67. The van der Waals surface area contributed by atoms with E-state index in [1.807, 2.05) is 82.3 Å². The first-order chi connectivity index (χ1) is 22.7. The highest BCUT2D eigenvalue weighted by Crippen LogP contribution is 2.54. The molecule has 10 heteroatoms. The van der Waals surface area contributed by atoms with Crippen molar-refractivity contribution in [2.24, 2.45) is 11.1 Å². The van der Waals surface area contributed by atoms with Gasteiger partial charge in [0.15, 0.2) is 0 Å². The van der Waals surface area contributed by atoms with Crippen LogP contribution in [0.4, 0.5) is 0 Å². The smallest absolute Gasteiger partial charge is 0.244 e. The second-order valence-corrected chi connectivity index (χ2v) is 16.2. The van der Waals surface area contributed by atoms with E-state index in [1.165, 1.54) is 0 Å². The lowest BCUT2D eigenvalue weighted by Gasteiger charge is -2.40. The van der Waals surface area contributed by atoms with E-state index in [4.69, 9.17) is 22.1 Å². The fourth-order valence-electron chi connectivity index (χ4n) is 7.02. The molecule has 0 saturated heterocycles. The van der Waals surface area contributed by atoms with Crippen molar-refractivity contribution in [2.45, 2.75) is 94.8 Å². The molecule has 5 rings (SSSR count). The first kappa shape index (κ1) is 35.8. The van der Waals surface area contributed by atoms with Crippen molar-refractivity contribution >= 4 is 33.4 Å². The van der Waals surface area contributed by atoms with Gasteiger partial charge in [-0.3, -0.25) is 9.59 Å². The molecule has 3 aromatic carbocycles. The number of aryl methyl sites for hydroxylation is 1. The fourth-order valence-corrected chi connectivity index (χ4v) is 9.29. The third kappa shape index (κ3) is 7.70. The van der Waals surface area contributed by atoms with E-state index < -0.39 is 45.1 Å². The van der Waals surface area contributed by atoms with Gasteiger partial charge in [-0.25, -0.2) is 8.42 Å². The van der Waals surface area contributed by atoms with E-state index in [0.717, 1.165) is 29.5 Å². The van der Waals surface area contributed by atoms with Crippen LogP contribution in [0.1, 0.15) is 75.6 Å². The molecule has 8 nitrogen and oxygen atoms in total. The van der Waals surface area contributed by atoms with Crippen molar-refractivity contribution in [2.75, 3.05) is 6.61 Å². The Kier molecular flexibility index (Phi) is 10.8. The zero-order valence-electron chi connectivity index (χ0n) is 28.1. The molecule has 0 spiro atoms. The molecule has 1 heterocycles. The molecule has 1 fully saturated rings. The number of hydrogen-bond donors (Lipinski definition) is 2. The number of carbonyl (C=O) groups is 2. The minimum atomic E-state index is -4.00. The van der Waals surface area contributed by atoms with Crippen LogP contribution in [0.3, 0.4) is 0 Å². The Bertz CT molecular complexity index is 1750. The first-order valence-electron chi connectivity index (χ1n) is 16.6. The Morgan fingerprint density at radius 1 is 1.00 bits per heavy atom. The van der Waals surface area contributed by atoms with Crippen molar-refractivity contribution in [3.05, 3.63) is 112 Å². The molecule has 0 unspecified atom stereocenters. The van der Waals surface area contributed by atoms with Crippen LogP contribution in [-0.4, -0.2) is 48.8 Å². The number of sulfonamides is 1. The zero-order chi connectivity index (χ0) is 34.7. The molecule has 0 radical (unpaired) electrons. The largest absolute Gasteiger partial charge is 0.370 e. The van der Waals surface area contributed by atoms with Crippen LogP contribution in [0.15, 0.2) is 95.4 Å². The quantitative estimate of drug-likeness (QED) is 0.206. The van der Waals surface area contributed by atoms with Gasteiger partial charge in [-0.1, -0.05) is 112 Å². The summed E-state index contributed by atoms with van der Waals surface area (Å²) in [5, 5.41) is 3.34. The summed E-state index contributed by atoms with van der Waals surface area (Å²) in [6.45, 7) is 8.06. The predicted molar refractivity (Wildman–Crippen MR) is 189 cm³/mol. The molecule has 2 aliphatic rings. The molecule has 2 amide bonds. The van der Waals surface area contributed by atoms with Gasteiger partial charge in [0.1, 0.15) is 6.04 Å². The molecular weight excluding hydrogens is 646 g/mol. The fraction of sp³-hybridized carbons (Fsp3) is 0.421. The number of nitrogens with one attached hydrogen (secondary N) is 1. The zero-order valence-corrected chi connectivity index (χ0v) is 29.7. The summed E-state index contributed by atoms with van der Waals surface area (Å²) in [6, 6.07) is 21.8. The van der Waals surface area contributed by atoms with E-state index in [2.05, 4.69) is 11.4 Å². The third-order valence-corrected chi connectivity index (χ3v) is 11.7. The van der Waals surface area contributed by atoms with Gasteiger partial charge in [-0.05, 0) is 65.6 Å². The van der Waals surface area contributed by atoms with Gasteiger partial charge >= 0.3 is 0 Å². The first-order valence-corrected chi connectivity index (χ1v) is 18.4. The van der Waals surface area contributed by atoms with E-state index in [0.29, 0.717) is 29.8 Å². The van der Waals surface area contributed by atoms with Crippen molar-refractivity contribution in [1.29, 1.82) is 0 Å². The van der Waals surface area contributed by atoms with Gasteiger partial charge in [-0.15, -0.1) is 0 Å². The van der Waals surface area contributed by atoms with Gasteiger partial charge in [0, 0.05) is 17.5 Å². The summed E-state index contributed by atoms with van der Waals surface area (Å²) >= 11 is 6.31. The number of carbonyl (C=O) groups excluding carboxylic acids is 2. The number of halogens is 1. The maximum atomic E-state index is 14.8. The highest BCUT2D eigenvalue weighted by atomic mass is 35.5. The molecule has 0 aromatic heterocycles. The number of rotatable bonds is 12. The van der Waals surface area contributed by atoms with Crippen LogP contribution in [0.25, 0.3) is 0 Å². The van der Waals surface area contributed by atoms with Crippen LogP contribution >= 0.6 is 11.6 Å². The summed E-state index contributed by atoms with van der Waals surface area (Å²) in [6.07, 6.45) is 5.61. The lowest BCUT2D eigenvalue weighted by atomic mass is 9.83. The highest BCUT2D eigenvalue weighted by molar-refractivity contribution is 7.89. The van der Waals surface area contributed by atoms with Crippen LogP contribution in [0.5, 0.6) is 0 Å². The van der Waals surface area contributed by atoms with Crippen LogP contribution in [0, 0.1) is 12.3 Å². The molecule has 3 N–H and O–H groups in total.